The molecule has 166 valence electrons. The van der Waals surface area contributed by atoms with Crippen LogP contribution in [0.3, 0.4) is 0 Å². The summed E-state index contributed by atoms with van der Waals surface area (Å²) in [5.74, 6) is 2.04. The van der Waals surface area contributed by atoms with Crippen LogP contribution in [-0.2, 0) is 0 Å². The van der Waals surface area contributed by atoms with Crippen LogP contribution in [0.4, 0.5) is 10.6 Å². The van der Waals surface area contributed by atoms with Crippen molar-refractivity contribution >= 4 is 29.5 Å². The molecule has 4 rings (SSSR count). The molecule has 0 spiro atoms. The van der Waals surface area contributed by atoms with Crippen molar-refractivity contribution in [2.24, 2.45) is 5.92 Å². The molecule has 0 radical (unpaired) electrons. The summed E-state index contributed by atoms with van der Waals surface area (Å²) in [4.78, 5) is 22.6. The molecule has 1 aliphatic rings. The summed E-state index contributed by atoms with van der Waals surface area (Å²) < 4.78 is 10.8. The number of carbonyl (C=O) groups excluding carboxylic acids is 1. The standard InChI is InChI=1S/C23H24ClN5O3/c1-14-13-29(23(30)27-21-15(2)16(3)32-28-21)8-7-18(14)9-17-5-4-6-20(10-17)31-22-25-11-19(24)12-26-22/h4-6,9-12,14H,7-8,13H2,1-3H3,(H,27,28,30). The number of ether oxygens (including phenoxy) is 1. The quantitative estimate of drug-likeness (QED) is 0.561. The van der Waals surface area contributed by atoms with E-state index >= 15 is 0 Å². The highest BCUT2D eigenvalue weighted by molar-refractivity contribution is 6.30. The van der Waals surface area contributed by atoms with Crippen LogP contribution < -0.4 is 10.1 Å². The molecule has 8 nitrogen and oxygen atoms in total. The maximum absolute atomic E-state index is 12.7. The lowest BCUT2D eigenvalue weighted by atomic mass is 9.91. The van der Waals surface area contributed by atoms with Crippen LogP contribution in [0.2, 0.25) is 5.02 Å². The molecule has 0 bridgehead atoms. The molecule has 1 unspecified atom stereocenters. The first-order valence-corrected chi connectivity index (χ1v) is 10.7. The predicted octanol–water partition coefficient (Wildman–Crippen LogP) is 5.48. The van der Waals surface area contributed by atoms with Gasteiger partial charge in [0.15, 0.2) is 5.82 Å². The third-order valence-corrected chi connectivity index (χ3v) is 5.68. The summed E-state index contributed by atoms with van der Waals surface area (Å²) in [7, 11) is 0. The number of likely N-dealkylation sites (tertiary alicyclic amines) is 1. The molecule has 1 aliphatic heterocycles. The summed E-state index contributed by atoms with van der Waals surface area (Å²) >= 11 is 5.82. The Morgan fingerprint density at radius 3 is 2.78 bits per heavy atom. The third kappa shape index (κ3) is 5.08. The van der Waals surface area contributed by atoms with Crippen molar-refractivity contribution in [1.29, 1.82) is 0 Å². The van der Waals surface area contributed by atoms with Gasteiger partial charge in [0.05, 0.1) is 17.4 Å². The number of aromatic nitrogens is 3. The topological polar surface area (TPSA) is 93.4 Å². The molecule has 3 heterocycles. The average Bonchev–Trinajstić information content (AvgIpc) is 3.09. The van der Waals surface area contributed by atoms with Gasteiger partial charge in [0.1, 0.15) is 11.5 Å². The SMILES string of the molecule is Cc1onc(NC(=O)N2CCC(=Cc3cccc(Oc4ncc(Cl)cn4)c3)C(C)C2)c1C. The number of hydrogen-bond donors (Lipinski definition) is 1. The van der Waals surface area contributed by atoms with Crippen LogP contribution in [0, 0.1) is 19.8 Å². The number of hydrogen-bond acceptors (Lipinski definition) is 6. The van der Waals surface area contributed by atoms with Crippen molar-refractivity contribution in [3.8, 4) is 11.8 Å². The van der Waals surface area contributed by atoms with E-state index in [-0.39, 0.29) is 18.0 Å². The normalized spacial score (nSPS) is 17.4. The summed E-state index contributed by atoms with van der Waals surface area (Å²) in [6, 6.07) is 7.81. The second kappa shape index (κ2) is 9.40. The third-order valence-electron chi connectivity index (χ3n) is 5.48. The number of rotatable bonds is 4. The second-order valence-corrected chi connectivity index (χ2v) is 8.25. The first-order chi connectivity index (χ1) is 15.4. The van der Waals surface area contributed by atoms with Crippen LogP contribution in [-0.4, -0.2) is 39.1 Å². The molecule has 9 heteroatoms. The Kier molecular flexibility index (Phi) is 6.41. The summed E-state index contributed by atoms with van der Waals surface area (Å²) in [6.45, 7) is 7.08. The molecule has 1 fully saturated rings. The minimum atomic E-state index is -0.161. The van der Waals surface area contributed by atoms with Gasteiger partial charge >= 0.3 is 12.0 Å². The fourth-order valence-corrected chi connectivity index (χ4v) is 3.60. The lowest BCUT2D eigenvalue weighted by Gasteiger charge is -2.33. The highest BCUT2D eigenvalue weighted by Crippen LogP contribution is 2.27. The largest absolute Gasteiger partial charge is 0.424 e. The van der Waals surface area contributed by atoms with Crippen molar-refractivity contribution < 1.29 is 14.1 Å². The molecule has 2 aromatic heterocycles. The minimum absolute atomic E-state index is 0.161. The van der Waals surface area contributed by atoms with E-state index in [1.54, 1.807) is 0 Å². The number of amides is 2. The predicted molar refractivity (Wildman–Crippen MR) is 122 cm³/mol. The van der Waals surface area contributed by atoms with Crippen molar-refractivity contribution in [2.75, 3.05) is 18.4 Å². The Balaban J connectivity index is 1.40. The zero-order chi connectivity index (χ0) is 22.7. The highest BCUT2D eigenvalue weighted by Gasteiger charge is 2.25. The van der Waals surface area contributed by atoms with Crippen LogP contribution in [0.1, 0.15) is 30.2 Å². The molecular weight excluding hydrogens is 430 g/mol. The Hall–Kier alpha value is -3.39. The highest BCUT2D eigenvalue weighted by atomic mass is 35.5. The van der Waals surface area contributed by atoms with Gasteiger partial charge in [-0.25, -0.2) is 14.8 Å². The Morgan fingerprint density at radius 2 is 2.09 bits per heavy atom. The molecule has 1 atom stereocenters. The van der Waals surface area contributed by atoms with E-state index in [2.05, 4.69) is 33.4 Å². The van der Waals surface area contributed by atoms with Gasteiger partial charge in [0.2, 0.25) is 0 Å². The van der Waals surface area contributed by atoms with E-state index in [9.17, 15) is 4.79 Å². The van der Waals surface area contributed by atoms with Crippen LogP contribution in [0.15, 0.2) is 46.8 Å². The van der Waals surface area contributed by atoms with Crippen molar-refractivity contribution in [2.45, 2.75) is 27.2 Å². The number of halogens is 1. The first kappa shape index (κ1) is 21.8. The van der Waals surface area contributed by atoms with Gasteiger partial charge in [0.25, 0.3) is 0 Å². The van der Waals surface area contributed by atoms with Gasteiger partial charge in [-0.3, -0.25) is 5.32 Å². The van der Waals surface area contributed by atoms with Crippen LogP contribution in [0.5, 0.6) is 11.8 Å². The number of urea groups is 1. The lowest BCUT2D eigenvalue weighted by molar-refractivity contribution is 0.197. The number of aryl methyl sites for hydroxylation is 1. The van der Waals surface area contributed by atoms with Crippen LogP contribution in [0.25, 0.3) is 6.08 Å². The Morgan fingerprint density at radius 1 is 1.31 bits per heavy atom. The average molecular weight is 454 g/mol. The first-order valence-electron chi connectivity index (χ1n) is 10.3. The van der Waals surface area contributed by atoms with E-state index < -0.39 is 0 Å². The smallest absolute Gasteiger partial charge is 0.323 e. The number of nitrogens with one attached hydrogen (secondary N) is 1. The van der Waals surface area contributed by atoms with E-state index in [0.717, 1.165) is 17.5 Å². The fraction of sp³-hybridized carbons (Fsp3) is 0.304. The number of anilines is 1. The second-order valence-electron chi connectivity index (χ2n) is 7.82. The molecular formula is C23H24ClN5O3. The zero-order valence-corrected chi connectivity index (χ0v) is 18.9. The fourth-order valence-electron chi connectivity index (χ4n) is 3.50. The lowest BCUT2D eigenvalue weighted by Crippen LogP contribution is -2.42. The van der Waals surface area contributed by atoms with Crippen molar-refractivity contribution in [1.82, 2.24) is 20.0 Å². The summed E-state index contributed by atoms with van der Waals surface area (Å²) in [5, 5.41) is 7.21. The van der Waals surface area contributed by atoms with Gasteiger partial charge < -0.3 is 14.2 Å². The maximum atomic E-state index is 12.7. The Bertz CT molecular complexity index is 1140. The van der Waals surface area contributed by atoms with Crippen LogP contribution >= 0.6 is 11.6 Å². The van der Waals surface area contributed by atoms with Gasteiger partial charge in [-0.15, -0.1) is 0 Å². The van der Waals surface area contributed by atoms with E-state index in [1.807, 2.05) is 43.0 Å². The van der Waals surface area contributed by atoms with Gasteiger partial charge in [-0.1, -0.05) is 47.5 Å². The molecule has 1 saturated heterocycles. The molecule has 2 amide bonds. The number of benzene rings is 1. The summed E-state index contributed by atoms with van der Waals surface area (Å²) in [6.07, 6.45) is 5.93. The molecule has 1 N–H and O–H groups in total. The van der Waals surface area contributed by atoms with Gasteiger partial charge in [-0.05, 0) is 43.9 Å². The number of carbonyl (C=O) groups is 1. The number of piperidine rings is 1. The molecule has 0 saturated carbocycles. The maximum Gasteiger partial charge on any atom is 0.323 e. The zero-order valence-electron chi connectivity index (χ0n) is 18.1. The van der Waals surface area contributed by atoms with Gasteiger partial charge in [-0.2, -0.15) is 0 Å². The van der Waals surface area contributed by atoms with Gasteiger partial charge in [0, 0.05) is 18.7 Å². The molecule has 3 aromatic rings. The molecule has 32 heavy (non-hydrogen) atoms. The van der Waals surface area contributed by atoms with Crippen molar-refractivity contribution in [3.05, 3.63) is 64.1 Å². The van der Waals surface area contributed by atoms with E-state index in [0.29, 0.717) is 35.4 Å². The summed E-state index contributed by atoms with van der Waals surface area (Å²) in [5.41, 5.74) is 3.14. The number of nitrogens with zero attached hydrogens (tertiary/aromatic N) is 4. The minimum Gasteiger partial charge on any atom is -0.424 e. The Labute approximate surface area is 191 Å². The molecule has 0 aliphatic carbocycles. The van der Waals surface area contributed by atoms with E-state index in [4.69, 9.17) is 20.9 Å². The molecule has 1 aromatic carbocycles. The monoisotopic (exact) mass is 453 g/mol. The van der Waals surface area contributed by atoms with E-state index in [1.165, 1.54) is 18.0 Å². The van der Waals surface area contributed by atoms with Crippen molar-refractivity contribution in [3.63, 3.8) is 0 Å².